The zero-order chi connectivity index (χ0) is 10.3. The lowest BCUT2D eigenvalue weighted by Gasteiger charge is -2.14. The van der Waals surface area contributed by atoms with Crippen molar-refractivity contribution in [3.63, 3.8) is 0 Å². The van der Waals surface area contributed by atoms with Crippen LogP contribution in [0.15, 0.2) is 5.11 Å². The Labute approximate surface area is 75.3 Å². The predicted octanol–water partition coefficient (Wildman–Crippen LogP) is -0.184. The SMILES string of the molecule is [N-]=[N+]=NC(CCCN)[C@H](N)C(=O)O. The van der Waals surface area contributed by atoms with E-state index in [9.17, 15) is 4.79 Å². The molecule has 0 aromatic rings. The van der Waals surface area contributed by atoms with Gasteiger partial charge in [0.2, 0.25) is 0 Å². The van der Waals surface area contributed by atoms with E-state index in [-0.39, 0.29) is 0 Å². The molecule has 0 aliphatic heterocycles. The second-order valence-corrected chi connectivity index (χ2v) is 2.57. The molecule has 0 aliphatic carbocycles. The van der Waals surface area contributed by atoms with Gasteiger partial charge in [0.25, 0.3) is 0 Å². The van der Waals surface area contributed by atoms with E-state index in [1.165, 1.54) is 0 Å². The molecule has 0 spiro atoms. The van der Waals surface area contributed by atoms with Crippen molar-refractivity contribution >= 4 is 5.97 Å². The Morgan fingerprint density at radius 3 is 2.69 bits per heavy atom. The molecule has 0 aromatic heterocycles. The van der Waals surface area contributed by atoms with Crippen LogP contribution in [0.1, 0.15) is 12.8 Å². The summed E-state index contributed by atoms with van der Waals surface area (Å²) in [5.74, 6) is -1.17. The van der Waals surface area contributed by atoms with Gasteiger partial charge in [-0.05, 0) is 24.9 Å². The number of carbonyl (C=O) groups is 1. The molecule has 5 N–H and O–H groups in total. The third-order valence-electron chi connectivity index (χ3n) is 1.60. The molecule has 7 nitrogen and oxygen atoms in total. The number of aliphatic carboxylic acids is 1. The summed E-state index contributed by atoms with van der Waals surface area (Å²) >= 11 is 0. The summed E-state index contributed by atoms with van der Waals surface area (Å²) in [6, 6.07) is -1.87. The zero-order valence-electron chi connectivity index (χ0n) is 7.13. The first kappa shape index (κ1) is 11.7. The smallest absolute Gasteiger partial charge is 0.320 e. The predicted molar refractivity (Wildman–Crippen MR) is 46.8 cm³/mol. The third kappa shape index (κ3) is 4.32. The number of rotatable bonds is 6. The van der Waals surface area contributed by atoms with Crippen LogP contribution in [0.25, 0.3) is 10.4 Å². The number of carboxylic acids is 1. The summed E-state index contributed by atoms with van der Waals surface area (Å²) in [5, 5.41) is 11.8. The van der Waals surface area contributed by atoms with Crippen LogP contribution >= 0.6 is 0 Å². The first-order valence-electron chi connectivity index (χ1n) is 3.86. The summed E-state index contributed by atoms with van der Waals surface area (Å²) < 4.78 is 0. The van der Waals surface area contributed by atoms with Gasteiger partial charge < -0.3 is 16.6 Å². The Bertz CT molecular complexity index is 213. The number of hydrogen-bond donors (Lipinski definition) is 3. The van der Waals surface area contributed by atoms with Crippen molar-refractivity contribution in [1.29, 1.82) is 0 Å². The van der Waals surface area contributed by atoms with Crippen molar-refractivity contribution in [3.05, 3.63) is 10.4 Å². The second-order valence-electron chi connectivity index (χ2n) is 2.57. The van der Waals surface area contributed by atoms with Gasteiger partial charge in [-0.15, -0.1) is 0 Å². The zero-order valence-corrected chi connectivity index (χ0v) is 7.13. The highest BCUT2D eigenvalue weighted by Crippen LogP contribution is 2.05. The molecule has 0 aromatic carbocycles. The van der Waals surface area contributed by atoms with Gasteiger partial charge in [0.15, 0.2) is 0 Å². The quantitative estimate of drug-likeness (QED) is 0.301. The minimum atomic E-state index is -1.17. The Hall–Kier alpha value is -1.30. The highest BCUT2D eigenvalue weighted by atomic mass is 16.4. The average Bonchev–Trinajstić information content (AvgIpc) is 2.11. The van der Waals surface area contributed by atoms with Crippen molar-refractivity contribution in [2.24, 2.45) is 16.6 Å². The lowest BCUT2D eigenvalue weighted by Crippen LogP contribution is -2.40. The fourth-order valence-electron chi connectivity index (χ4n) is 0.867. The molecular weight excluding hydrogens is 174 g/mol. The lowest BCUT2D eigenvalue weighted by atomic mass is 10.1. The van der Waals surface area contributed by atoms with Crippen LogP contribution < -0.4 is 11.5 Å². The Balaban J connectivity index is 4.22. The number of nitrogens with zero attached hydrogens (tertiary/aromatic N) is 3. The van der Waals surface area contributed by atoms with Crippen molar-refractivity contribution in [3.8, 4) is 0 Å². The molecule has 0 radical (unpaired) electrons. The van der Waals surface area contributed by atoms with E-state index in [0.29, 0.717) is 19.4 Å². The van der Waals surface area contributed by atoms with E-state index in [4.69, 9.17) is 22.1 Å². The van der Waals surface area contributed by atoms with E-state index >= 15 is 0 Å². The maximum Gasteiger partial charge on any atom is 0.320 e. The van der Waals surface area contributed by atoms with Gasteiger partial charge in [0.1, 0.15) is 6.04 Å². The van der Waals surface area contributed by atoms with Crippen molar-refractivity contribution < 1.29 is 9.90 Å². The first-order valence-corrected chi connectivity index (χ1v) is 3.86. The van der Waals surface area contributed by atoms with Gasteiger partial charge >= 0.3 is 5.97 Å². The topological polar surface area (TPSA) is 138 Å². The molecular formula is C6H13N5O2. The molecule has 0 amide bonds. The summed E-state index contributed by atoms with van der Waals surface area (Å²) in [4.78, 5) is 13.0. The fraction of sp³-hybridized carbons (Fsp3) is 0.833. The van der Waals surface area contributed by atoms with Gasteiger partial charge in [0, 0.05) is 4.91 Å². The molecule has 0 aliphatic rings. The summed E-state index contributed by atoms with van der Waals surface area (Å²) in [7, 11) is 0. The van der Waals surface area contributed by atoms with Crippen LogP contribution in [0.4, 0.5) is 0 Å². The summed E-state index contributed by atoms with van der Waals surface area (Å²) in [6.07, 6.45) is 0.985. The van der Waals surface area contributed by atoms with Crippen molar-refractivity contribution in [2.75, 3.05) is 6.54 Å². The molecule has 2 atom stereocenters. The van der Waals surface area contributed by atoms with Gasteiger partial charge in [-0.1, -0.05) is 5.11 Å². The maximum absolute atomic E-state index is 10.4. The van der Waals surface area contributed by atoms with E-state index in [1.54, 1.807) is 0 Å². The molecule has 0 heterocycles. The number of nitrogens with two attached hydrogens (primary N) is 2. The molecule has 7 heteroatoms. The number of carboxylic acid groups (broad SMARTS) is 1. The van der Waals surface area contributed by atoms with Crippen LogP contribution in [-0.2, 0) is 4.79 Å². The summed E-state index contributed by atoms with van der Waals surface area (Å²) in [6.45, 7) is 0.420. The minimum absolute atomic E-state index is 0.397. The highest BCUT2D eigenvalue weighted by Gasteiger charge is 2.22. The van der Waals surface area contributed by atoms with Crippen LogP contribution in [-0.4, -0.2) is 29.7 Å². The molecule has 0 bridgehead atoms. The maximum atomic E-state index is 10.4. The first-order chi connectivity index (χ1) is 6.13. The van der Waals surface area contributed by atoms with Gasteiger partial charge in [-0.2, -0.15) is 0 Å². The van der Waals surface area contributed by atoms with E-state index in [0.717, 1.165) is 0 Å². The molecule has 0 saturated carbocycles. The fourth-order valence-corrected chi connectivity index (χ4v) is 0.867. The van der Waals surface area contributed by atoms with E-state index < -0.39 is 18.1 Å². The monoisotopic (exact) mass is 187 g/mol. The van der Waals surface area contributed by atoms with Crippen LogP contribution in [0, 0.1) is 0 Å². The molecule has 74 valence electrons. The highest BCUT2D eigenvalue weighted by molar-refractivity contribution is 5.74. The number of hydrogen-bond acceptors (Lipinski definition) is 4. The van der Waals surface area contributed by atoms with Gasteiger partial charge in [-0.25, -0.2) is 0 Å². The van der Waals surface area contributed by atoms with Crippen molar-refractivity contribution in [2.45, 2.75) is 24.9 Å². The molecule has 0 rings (SSSR count). The van der Waals surface area contributed by atoms with Crippen molar-refractivity contribution in [1.82, 2.24) is 0 Å². The average molecular weight is 187 g/mol. The van der Waals surface area contributed by atoms with E-state index in [1.807, 2.05) is 0 Å². The largest absolute Gasteiger partial charge is 0.480 e. The Morgan fingerprint density at radius 1 is 1.69 bits per heavy atom. The lowest BCUT2D eigenvalue weighted by molar-refractivity contribution is -0.139. The van der Waals surface area contributed by atoms with Gasteiger partial charge in [0.05, 0.1) is 6.04 Å². The van der Waals surface area contributed by atoms with Crippen LogP contribution in [0.3, 0.4) is 0 Å². The summed E-state index contributed by atoms with van der Waals surface area (Å²) in [5.41, 5.74) is 18.7. The molecule has 13 heavy (non-hydrogen) atoms. The third-order valence-corrected chi connectivity index (χ3v) is 1.60. The van der Waals surface area contributed by atoms with Crippen LogP contribution in [0.5, 0.6) is 0 Å². The molecule has 0 saturated heterocycles. The molecule has 1 unspecified atom stereocenters. The minimum Gasteiger partial charge on any atom is -0.480 e. The standard InChI is InChI=1S/C6H13N5O2/c7-3-1-2-4(10-11-9)5(8)6(12)13/h4-5H,1-3,7-8H2,(H,12,13)/t4?,5-/m0/s1. The Morgan fingerprint density at radius 2 is 2.31 bits per heavy atom. The number of azide groups is 1. The molecule has 0 fully saturated rings. The second kappa shape index (κ2) is 6.24. The van der Waals surface area contributed by atoms with Gasteiger partial charge in [-0.3, -0.25) is 4.79 Å². The van der Waals surface area contributed by atoms with E-state index in [2.05, 4.69) is 10.0 Å². The van der Waals surface area contributed by atoms with Crippen LogP contribution in [0.2, 0.25) is 0 Å². The normalized spacial score (nSPS) is 14.3. The Kier molecular flexibility index (Phi) is 5.62.